The van der Waals surface area contributed by atoms with Gasteiger partial charge in [0.25, 0.3) is 11.8 Å². The number of piperidine rings is 2. The third-order valence-corrected chi connectivity index (χ3v) is 31.7. The van der Waals surface area contributed by atoms with E-state index in [0.717, 1.165) is 75.0 Å². The Labute approximate surface area is 550 Å². The number of hydrogen-bond donors (Lipinski definition) is 2. The molecule has 486 valence electrons. The van der Waals surface area contributed by atoms with Gasteiger partial charge in [-0.15, -0.1) is 0 Å². The summed E-state index contributed by atoms with van der Waals surface area (Å²) in [6.07, 6.45) is 15.4. The molecule has 0 saturated carbocycles. The molecule has 10 rings (SSSR count). The maximum absolute atomic E-state index is 13.9. The van der Waals surface area contributed by atoms with Crippen molar-refractivity contribution in [2.45, 2.75) is 137 Å². The smallest absolute Gasteiger partial charge is 0.256 e. The predicted octanol–water partition coefficient (Wildman–Crippen LogP) is 12.3. The Morgan fingerprint density at radius 2 is 1.02 bits per heavy atom. The van der Waals surface area contributed by atoms with Gasteiger partial charge >= 0.3 is 108 Å². The summed E-state index contributed by atoms with van der Waals surface area (Å²) in [6, 6.07) is 16.0. The summed E-state index contributed by atoms with van der Waals surface area (Å²) in [4.78, 5) is 44.6. The van der Waals surface area contributed by atoms with Gasteiger partial charge in [-0.25, -0.2) is 26.8 Å². The van der Waals surface area contributed by atoms with Gasteiger partial charge in [0.1, 0.15) is 22.5 Å². The number of fused-ring (bicyclic) bond motifs is 2. The number of nitrogens with one attached hydrogen (secondary N) is 2. The van der Waals surface area contributed by atoms with Crippen molar-refractivity contribution < 1.29 is 35.9 Å². The third-order valence-electron chi connectivity index (χ3n) is 16.4. The summed E-state index contributed by atoms with van der Waals surface area (Å²) >= 11 is 16.7. The van der Waals surface area contributed by atoms with Crippen molar-refractivity contribution in [2.24, 2.45) is 0 Å². The molecule has 0 radical (unpaired) electrons. The van der Waals surface area contributed by atoms with Crippen LogP contribution in [-0.4, -0.2) is 164 Å². The Morgan fingerprint density at radius 3 is 1.43 bits per heavy atom. The summed E-state index contributed by atoms with van der Waals surface area (Å²) < 4.78 is 75.5. The van der Waals surface area contributed by atoms with E-state index in [4.69, 9.17) is 59.5 Å². The van der Waals surface area contributed by atoms with Crippen LogP contribution in [0.15, 0.2) is 60.7 Å². The normalized spacial score (nSPS) is 17.3. The van der Waals surface area contributed by atoms with Crippen molar-refractivity contribution >= 4 is 119 Å². The van der Waals surface area contributed by atoms with E-state index < -0.39 is 38.4 Å². The Bertz CT molecular complexity index is 3820. The Kier molecular flexibility index (Phi) is 25.6. The van der Waals surface area contributed by atoms with E-state index in [1.807, 2.05) is 22.7 Å². The largest absolute Gasteiger partial charge is 0.378 e. The fourth-order valence-electron chi connectivity index (χ4n) is 12.1. The first-order chi connectivity index (χ1) is 43.2. The van der Waals surface area contributed by atoms with Gasteiger partial charge in [-0.1, -0.05) is 40.7 Å². The number of sulfonamides is 2. The average molecular weight is 1440 g/mol. The first kappa shape index (κ1) is 70.3. The van der Waals surface area contributed by atoms with Crippen molar-refractivity contribution in [3.05, 3.63) is 104 Å². The van der Waals surface area contributed by atoms with E-state index in [-0.39, 0.29) is 46.4 Å². The van der Waals surface area contributed by atoms with Crippen LogP contribution in [0.25, 0.3) is 11.3 Å². The molecule has 4 aromatic heterocycles. The summed E-state index contributed by atoms with van der Waals surface area (Å²) in [5, 5.41) is 10.8. The first-order valence-corrected chi connectivity index (χ1v) is 43.7. The first-order valence-electron chi connectivity index (χ1n) is 31.3. The zero-order valence-electron chi connectivity index (χ0n) is 52.8. The summed E-state index contributed by atoms with van der Waals surface area (Å²) in [5.41, 5.74) is 4.11. The Balaban J connectivity index is 0.000000189. The zero-order valence-corrected chi connectivity index (χ0v) is 59.5. The monoisotopic (exact) mass is 1440 g/mol. The second-order valence-electron chi connectivity index (χ2n) is 23.3. The van der Waals surface area contributed by atoms with Crippen molar-refractivity contribution in [1.82, 2.24) is 39.0 Å². The molecule has 20 nitrogen and oxygen atoms in total. The topological polar surface area (TPSA) is 218 Å². The number of carbonyl (C=O) groups is 2. The summed E-state index contributed by atoms with van der Waals surface area (Å²) in [5.74, 6) is 10.3. The Hall–Kier alpha value is -5.57. The molecule has 6 aromatic rings. The number of unbranched alkanes of at least 4 members (excludes halogenated alkanes) is 3. The number of halogens is 3. The standard InChI is InChI=1S/C26H29ClN6O4S.C23H26Cl2N6O4S.3C4H9.C3H3.Sn/c1-3-6-19-16-25(31-11-13-37-14-12-31)33-24(28-19)17-22(29-33)23-7-4-5-10-32(23)26(34)20-15-18(27)8-9-21(20)30-38(2,35)36;1-36(33,34)28-17-6-5-15(24)12-16(17)23(32)30-7-3-2-4-19(30)18-13-21-26-20(25)14-22(31(21)27-18)29-8-10-35-11-9-29;3*1-3-4-2;1-3-2;/h8-9,15-17,23,30H,4-5,7,10-14H2,1-2H3;5-6,12-14,19,28H,2-4,7-11H2,1H3;3*1,3-4H2,2H3;1H3;/t23-;19-;;;;;/m00...../s1. The van der Waals surface area contributed by atoms with Crippen LogP contribution in [0.1, 0.15) is 162 Å². The molecular weight excluding hydrogens is 1350 g/mol. The number of amides is 2. The quantitative estimate of drug-likeness (QED) is 0.0438. The van der Waals surface area contributed by atoms with Gasteiger partial charge in [-0.2, -0.15) is 19.2 Å². The SMILES string of the molecule is CC#Cc1cc(N2CCOCC2)n2nc([C@@H]3CCCCN3C(=O)c3cc(Cl)ccc3NS(C)(=O)=O)cc2n1.CC#[C][Sn]([CH2]CCC)([CH2]CCC)[CH2]CCC.CS(=O)(=O)Nc1ccc(Cl)cc1C(=O)N1CCCC[C@H]1c1cc2nc(Cl)cc(N3CCOCC3)n2n1. The molecule has 4 aliphatic heterocycles. The summed E-state index contributed by atoms with van der Waals surface area (Å²) in [6.45, 7) is 17.2. The number of ether oxygens (including phenoxy) is 2. The Morgan fingerprint density at radius 1 is 0.589 bits per heavy atom. The van der Waals surface area contributed by atoms with Crippen molar-refractivity contribution in [3.63, 3.8) is 0 Å². The van der Waals surface area contributed by atoms with Crippen LogP contribution in [0.4, 0.5) is 23.0 Å². The number of nitrogens with zero attached hydrogens (tertiary/aromatic N) is 10. The molecule has 4 saturated heterocycles. The average Bonchev–Trinajstić information content (AvgIpc) is 1.60. The minimum Gasteiger partial charge on any atom is -0.378 e. The number of benzene rings is 2. The van der Waals surface area contributed by atoms with Crippen LogP contribution in [-0.2, 0) is 29.5 Å². The van der Waals surface area contributed by atoms with Crippen LogP contribution >= 0.6 is 34.8 Å². The van der Waals surface area contributed by atoms with Crippen molar-refractivity contribution in [3.8, 4) is 21.7 Å². The second-order valence-corrected chi connectivity index (χ2v) is 40.4. The van der Waals surface area contributed by atoms with Crippen LogP contribution in [0.5, 0.6) is 0 Å². The number of likely N-dealkylation sites (tertiary alicyclic amines) is 2. The molecule has 0 spiro atoms. The molecule has 26 heteroatoms. The van der Waals surface area contributed by atoms with Gasteiger partial charge in [-0.05, 0) is 87.8 Å². The molecule has 0 unspecified atom stereocenters. The van der Waals surface area contributed by atoms with Gasteiger partial charge in [0.2, 0.25) is 20.0 Å². The predicted molar refractivity (Wildman–Crippen MR) is 363 cm³/mol. The van der Waals surface area contributed by atoms with Crippen LogP contribution < -0.4 is 19.2 Å². The minimum atomic E-state index is -3.60. The zero-order chi connectivity index (χ0) is 64.6. The summed E-state index contributed by atoms with van der Waals surface area (Å²) in [7, 11) is -7.19. The van der Waals surface area contributed by atoms with Crippen LogP contribution in [0.2, 0.25) is 28.5 Å². The number of anilines is 4. The molecule has 4 fully saturated rings. The van der Waals surface area contributed by atoms with Crippen molar-refractivity contribution in [1.29, 1.82) is 0 Å². The van der Waals surface area contributed by atoms with Gasteiger partial charge in [0.15, 0.2) is 11.3 Å². The molecule has 8 heterocycles. The molecule has 90 heavy (non-hydrogen) atoms. The number of rotatable bonds is 19. The van der Waals surface area contributed by atoms with E-state index in [1.165, 1.54) is 76.1 Å². The van der Waals surface area contributed by atoms with Crippen LogP contribution in [0.3, 0.4) is 0 Å². The molecular formula is C64H85Cl3N12O8S2Sn. The minimum absolute atomic E-state index is 0.189. The van der Waals surface area contributed by atoms with Gasteiger partial charge in [0.05, 0.1) is 84.9 Å². The molecule has 2 aromatic carbocycles. The van der Waals surface area contributed by atoms with Gasteiger partial charge < -0.3 is 29.1 Å². The molecule has 2 amide bonds. The molecule has 2 atom stereocenters. The molecule has 0 bridgehead atoms. The second kappa shape index (κ2) is 32.8. The van der Waals surface area contributed by atoms with Crippen LogP contribution in [0, 0.1) is 21.7 Å². The van der Waals surface area contributed by atoms with E-state index in [0.29, 0.717) is 96.9 Å². The number of morpholine rings is 2. The molecule has 0 aliphatic carbocycles. The number of carbonyl (C=O) groups excluding carboxylic acids is 2. The fourth-order valence-corrected chi connectivity index (χ4v) is 27.3. The third kappa shape index (κ3) is 18.8. The van der Waals surface area contributed by atoms with Gasteiger partial charge in [-0.3, -0.25) is 19.0 Å². The number of aromatic nitrogens is 6. The molecule has 2 N–H and O–H groups in total. The fraction of sp³-hybridized carbons (Fsp3) is 0.531. The van der Waals surface area contributed by atoms with E-state index >= 15 is 0 Å². The maximum Gasteiger partial charge on any atom is 0.256 e. The van der Waals surface area contributed by atoms with E-state index in [1.54, 1.807) is 39.4 Å². The molecule has 4 aliphatic rings. The van der Waals surface area contributed by atoms with E-state index in [2.05, 4.69) is 73.6 Å². The maximum atomic E-state index is 13.9. The van der Waals surface area contributed by atoms with Gasteiger partial charge in [0, 0.05) is 73.6 Å². The number of hydrogen-bond acceptors (Lipinski definition) is 14. The van der Waals surface area contributed by atoms with Crippen molar-refractivity contribution in [2.75, 3.05) is 97.5 Å². The van der Waals surface area contributed by atoms with E-state index in [9.17, 15) is 26.4 Å².